The Labute approximate surface area is 79.5 Å². The lowest BCUT2D eigenvalue weighted by Crippen LogP contribution is -2.06. The molecule has 0 saturated carbocycles. The van der Waals surface area contributed by atoms with Crippen molar-refractivity contribution in [2.24, 2.45) is 5.73 Å². The molecule has 0 atom stereocenters. The maximum Gasteiger partial charge on any atom is 0.217 e. The first-order valence-electron chi connectivity index (χ1n) is 3.96. The molecule has 0 saturated heterocycles. The van der Waals surface area contributed by atoms with Crippen LogP contribution in [0, 0.1) is 0 Å². The molecule has 0 spiro atoms. The van der Waals surface area contributed by atoms with E-state index in [4.69, 9.17) is 0 Å². The normalized spacial score (nSPS) is 6.85. The summed E-state index contributed by atoms with van der Waals surface area (Å²) in [6.07, 6.45) is 0.444. The molecule has 0 aliphatic heterocycles. The Morgan fingerprint density at radius 1 is 0.923 bits per heavy atom. The van der Waals surface area contributed by atoms with Gasteiger partial charge >= 0.3 is 0 Å². The number of rotatable bonds is 1. The molecule has 0 aliphatic carbocycles. The van der Waals surface area contributed by atoms with Crippen molar-refractivity contribution in [1.29, 1.82) is 0 Å². The van der Waals surface area contributed by atoms with E-state index in [1.165, 1.54) is 27.7 Å². The number of carbonyl (C=O) groups is 3. The van der Waals surface area contributed by atoms with E-state index in [9.17, 15) is 14.4 Å². The van der Waals surface area contributed by atoms with Gasteiger partial charge in [0.25, 0.3) is 0 Å². The number of carbonyl (C=O) groups excluding carboxylic acids is 3. The van der Waals surface area contributed by atoms with Gasteiger partial charge in [-0.3, -0.25) is 4.79 Å². The zero-order valence-corrected chi connectivity index (χ0v) is 9.01. The minimum atomic E-state index is -0.245. The molecule has 78 valence electrons. The Morgan fingerprint density at radius 2 is 1.00 bits per heavy atom. The number of hydrogen-bond donors (Lipinski definition) is 1. The van der Waals surface area contributed by atoms with Crippen molar-refractivity contribution < 1.29 is 14.4 Å². The van der Waals surface area contributed by atoms with Crippen LogP contribution in [-0.4, -0.2) is 17.5 Å². The van der Waals surface area contributed by atoms with E-state index in [0.717, 1.165) is 0 Å². The summed E-state index contributed by atoms with van der Waals surface area (Å²) in [7, 11) is 0. The van der Waals surface area contributed by atoms with Crippen LogP contribution in [0.2, 0.25) is 0 Å². The summed E-state index contributed by atoms with van der Waals surface area (Å²) >= 11 is 0. The summed E-state index contributed by atoms with van der Waals surface area (Å²) in [5.41, 5.74) is 4.65. The lowest BCUT2D eigenvalue weighted by molar-refractivity contribution is -0.118. The first kappa shape index (κ1) is 17.8. The van der Waals surface area contributed by atoms with E-state index in [1.807, 2.05) is 0 Å². The number of ketones is 2. The van der Waals surface area contributed by atoms with E-state index >= 15 is 0 Å². The molecular formula is C9H19NO3. The second-order valence-electron chi connectivity index (χ2n) is 2.64. The highest BCUT2D eigenvalue weighted by atomic mass is 16.1. The smallest absolute Gasteiger partial charge is 0.217 e. The summed E-state index contributed by atoms with van der Waals surface area (Å²) in [4.78, 5) is 28.5. The van der Waals surface area contributed by atoms with Gasteiger partial charge in [0.2, 0.25) is 5.91 Å². The molecule has 0 aromatic rings. The fraction of sp³-hybridized carbons (Fsp3) is 0.667. The highest BCUT2D eigenvalue weighted by Crippen LogP contribution is 1.63. The Hall–Kier alpha value is -1.19. The molecule has 4 heteroatoms. The molecule has 1 amide bonds. The first-order valence-corrected chi connectivity index (χ1v) is 3.96. The minimum Gasteiger partial charge on any atom is -0.370 e. The van der Waals surface area contributed by atoms with Gasteiger partial charge in [-0.05, 0) is 27.7 Å². The lowest BCUT2D eigenvalue weighted by atomic mass is 10.5. The van der Waals surface area contributed by atoms with Gasteiger partial charge in [0.15, 0.2) is 0 Å². The summed E-state index contributed by atoms with van der Waals surface area (Å²) in [5, 5.41) is 0. The largest absolute Gasteiger partial charge is 0.370 e. The molecule has 0 heterocycles. The maximum atomic E-state index is 9.59. The van der Waals surface area contributed by atoms with Crippen LogP contribution in [0.3, 0.4) is 0 Å². The van der Waals surface area contributed by atoms with Crippen molar-refractivity contribution in [1.82, 2.24) is 0 Å². The summed E-state index contributed by atoms with van der Waals surface area (Å²) in [6, 6.07) is 0. The molecule has 0 unspecified atom stereocenters. The molecule has 0 aromatic carbocycles. The fourth-order valence-electron chi connectivity index (χ4n) is 0. The van der Waals surface area contributed by atoms with Gasteiger partial charge in [0.1, 0.15) is 11.6 Å². The lowest BCUT2D eigenvalue weighted by Gasteiger charge is -1.73. The average Bonchev–Trinajstić information content (AvgIpc) is 1.84. The predicted molar refractivity (Wildman–Crippen MR) is 52.2 cm³/mol. The van der Waals surface area contributed by atoms with Crippen molar-refractivity contribution in [3.05, 3.63) is 0 Å². The molecular weight excluding hydrogens is 170 g/mol. The topological polar surface area (TPSA) is 77.2 Å². The monoisotopic (exact) mass is 189 g/mol. The molecule has 13 heavy (non-hydrogen) atoms. The van der Waals surface area contributed by atoms with Crippen LogP contribution >= 0.6 is 0 Å². The SMILES string of the molecule is CC(C)=O.CC(C)=O.CCC(N)=O. The summed E-state index contributed by atoms with van der Waals surface area (Å²) < 4.78 is 0. The minimum absolute atomic E-state index is 0.167. The molecule has 0 bridgehead atoms. The standard InChI is InChI=1S/C3H7NO.2C3H6O/c1-2-3(4)5;2*1-3(2)4/h2H2,1H3,(H2,4,5);2*1-2H3. The third-order valence-corrected chi connectivity index (χ3v) is 0.348. The van der Waals surface area contributed by atoms with Gasteiger partial charge in [0, 0.05) is 6.42 Å². The van der Waals surface area contributed by atoms with Crippen LogP contribution in [0.1, 0.15) is 41.0 Å². The maximum absolute atomic E-state index is 9.59. The number of Topliss-reactive ketones (excluding diaryl/α,β-unsaturated/α-hetero) is 2. The second-order valence-corrected chi connectivity index (χ2v) is 2.64. The van der Waals surface area contributed by atoms with Crippen LogP contribution < -0.4 is 5.73 Å². The van der Waals surface area contributed by atoms with Crippen molar-refractivity contribution >= 4 is 17.5 Å². The molecule has 2 N–H and O–H groups in total. The van der Waals surface area contributed by atoms with E-state index in [0.29, 0.717) is 6.42 Å². The number of primary amides is 1. The van der Waals surface area contributed by atoms with Gasteiger partial charge in [0.05, 0.1) is 0 Å². The van der Waals surface area contributed by atoms with Crippen LogP contribution in [0.5, 0.6) is 0 Å². The molecule has 0 radical (unpaired) electrons. The molecule has 0 aliphatic rings. The van der Waals surface area contributed by atoms with Gasteiger partial charge in [-0.15, -0.1) is 0 Å². The van der Waals surface area contributed by atoms with E-state index in [1.54, 1.807) is 6.92 Å². The fourth-order valence-corrected chi connectivity index (χ4v) is 0. The van der Waals surface area contributed by atoms with E-state index in [-0.39, 0.29) is 17.5 Å². The summed E-state index contributed by atoms with van der Waals surface area (Å²) in [5.74, 6) is 0.0880. The number of amides is 1. The Bertz CT molecular complexity index is 144. The number of hydrogen-bond acceptors (Lipinski definition) is 3. The quantitative estimate of drug-likeness (QED) is 0.670. The zero-order valence-electron chi connectivity index (χ0n) is 9.01. The summed E-state index contributed by atoms with van der Waals surface area (Å²) in [6.45, 7) is 7.84. The van der Waals surface area contributed by atoms with Crippen molar-refractivity contribution in [3.8, 4) is 0 Å². The molecule has 0 fully saturated rings. The van der Waals surface area contributed by atoms with Gasteiger partial charge in [-0.2, -0.15) is 0 Å². The third-order valence-electron chi connectivity index (χ3n) is 0.348. The highest BCUT2D eigenvalue weighted by molar-refractivity contribution is 5.73. The second kappa shape index (κ2) is 13.4. The van der Waals surface area contributed by atoms with Crippen LogP contribution in [0.15, 0.2) is 0 Å². The Kier molecular flexibility index (Phi) is 18.3. The highest BCUT2D eigenvalue weighted by Gasteiger charge is 1.77. The van der Waals surface area contributed by atoms with Crippen molar-refractivity contribution in [2.75, 3.05) is 0 Å². The van der Waals surface area contributed by atoms with Crippen LogP contribution in [-0.2, 0) is 14.4 Å². The van der Waals surface area contributed by atoms with Gasteiger partial charge in [-0.25, -0.2) is 0 Å². The number of nitrogens with two attached hydrogens (primary N) is 1. The Balaban J connectivity index is -0.000000117. The Morgan fingerprint density at radius 3 is 1.00 bits per heavy atom. The first-order chi connectivity index (χ1) is 5.73. The van der Waals surface area contributed by atoms with Crippen molar-refractivity contribution in [2.45, 2.75) is 41.0 Å². The van der Waals surface area contributed by atoms with E-state index < -0.39 is 0 Å². The molecule has 0 rings (SSSR count). The van der Waals surface area contributed by atoms with Crippen LogP contribution in [0.25, 0.3) is 0 Å². The zero-order chi connectivity index (χ0) is 11.4. The van der Waals surface area contributed by atoms with E-state index in [2.05, 4.69) is 5.73 Å². The molecule has 0 aromatic heterocycles. The average molecular weight is 189 g/mol. The van der Waals surface area contributed by atoms with Gasteiger partial charge in [-0.1, -0.05) is 6.92 Å². The van der Waals surface area contributed by atoms with Gasteiger partial charge < -0.3 is 15.3 Å². The van der Waals surface area contributed by atoms with Crippen LogP contribution in [0.4, 0.5) is 0 Å². The third kappa shape index (κ3) is 1280. The predicted octanol–water partition coefficient (Wildman–Crippen LogP) is 1.07. The molecule has 4 nitrogen and oxygen atoms in total. The van der Waals surface area contributed by atoms with Crippen molar-refractivity contribution in [3.63, 3.8) is 0 Å².